The Kier molecular flexibility index (Phi) is 66.3. The standard InChI is InChI=1S/C31H49O2P.2C31H49OP.C9H12.C4H10.C3H8.6CH3.3Pd/c1-19(2)22-17-23(20(3)4)27(24(18-22)21(5)6)28-25(32-13)15-16-26(33-14)29(28)34(30(7,8)9)31(10,11)12;2*1-19(2)23-17-24(20(3)4)28(25(18-23)21(5)6)27-22(7)15-16-26(32-14)29(27)33(30(8,9)10)31(11,12)13;1-2-6-9-7-4-3-5-8-9;1-3-4-2;1-3-2;;;;;;;;;/h15-21H,1-14H3;2*15-21H,1-14H3;3-5,7-8H,2,6H2,1H3;3-4H2,1-2H3;3H2,1-2H3;6*1H3;;;/q;;;;;;6*-1;3*+2/p+3. The Labute approximate surface area is 826 Å². The molecule has 0 heterocycles. The molecule has 0 aliphatic rings. The first kappa shape index (κ1) is 137. The van der Waals surface area contributed by atoms with E-state index in [2.05, 4.69) is 401 Å². The molecular weight excluding hydrogens is 1860 g/mol. The largest absolute Gasteiger partial charge is 2.00 e. The summed E-state index contributed by atoms with van der Waals surface area (Å²) in [6.45, 7) is 101. The molecule has 0 aromatic heterocycles. The molecule has 4 nitrogen and oxygen atoms in total. The van der Waals surface area contributed by atoms with Crippen molar-refractivity contribution in [2.24, 2.45) is 0 Å². The minimum absolute atomic E-state index is 0. The van der Waals surface area contributed by atoms with Crippen LogP contribution >= 0.6 is 23.8 Å². The normalized spacial score (nSPS) is 11.4. The van der Waals surface area contributed by atoms with Crippen molar-refractivity contribution in [2.75, 3.05) is 28.4 Å². The fourth-order valence-corrected chi connectivity index (χ4v) is 31.7. The monoisotopic (exact) mass is 2050 g/mol. The molecule has 0 bridgehead atoms. The summed E-state index contributed by atoms with van der Waals surface area (Å²) in [4.78, 5) is 0. The van der Waals surface area contributed by atoms with Crippen LogP contribution in [0.3, 0.4) is 0 Å². The van der Waals surface area contributed by atoms with Crippen LogP contribution < -0.4 is 34.9 Å². The molecule has 0 saturated heterocycles. The van der Waals surface area contributed by atoms with Crippen LogP contribution in [0.15, 0.2) is 103 Å². The van der Waals surface area contributed by atoms with Crippen LogP contribution in [0.25, 0.3) is 33.4 Å². The van der Waals surface area contributed by atoms with Gasteiger partial charge in [-0.2, -0.15) is 0 Å². The van der Waals surface area contributed by atoms with Gasteiger partial charge in [0.2, 0.25) is 0 Å². The molecule has 0 aliphatic heterocycles. The molecule has 0 unspecified atom stereocenters. The molecule has 0 atom stereocenters. The van der Waals surface area contributed by atoms with Gasteiger partial charge in [-0.25, -0.2) is 0 Å². The van der Waals surface area contributed by atoms with E-state index in [1.54, 1.807) is 0 Å². The van der Waals surface area contributed by atoms with Gasteiger partial charge in [-0.3, -0.25) is 0 Å². The number of methoxy groups -OCH3 is 4. The quantitative estimate of drug-likeness (QED) is 0.0385. The van der Waals surface area contributed by atoms with E-state index >= 15 is 0 Å². The van der Waals surface area contributed by atoms with Crippen molar-refractivity contribution < 1.29 is 80.2 Å². The van der Waals surface area contributed by atoms with Crippen molar-refractivity contribution in [2.45, 2.75) is 414 Å². The third kappa shape index (κ3) is 38.1. The Hall–Kier alpha value is -2.98. The fourth-order valence-electron chi connectivity index (χ4n) is 17.5. The molecule has 0 radical (unpaired) electrons. The summed E-state index contributed by atoms with van der Waals surface area (Å²) in [5.41, 5.74) is 25.6. The second-order valence-electron chi connectivity index (χ2n) is 42.1. The molecule has 10 heteroatoms. The number of aryl methyl sites for hydroxylation is 3. The van der Waals surface area contributed by atoms with Gasteiger partial charge in [-0.15, -0.1) is 0 Å². The number of rotatable bonds is 22. The first-order valence-corrected chi connectivity index (χ1v) is 49.7. The van der Waals surface area contributed by atoms with E-state index in [4.69, 9.17) is 18.9 Å². The van der Waals surface area contributed by atoms with Crippen LogP contribution in [-0.2, 0) is 67.7 Å². The van der Waals surface area contributed by atoms with E-state index in [9.17, 15) is 0 Å². The fraction of sp³-hybridized carbons (Fsp3) is 0.583. The molecule has 125 heavy (non-hydrogen) atoms. The van der Waals surface area contributed by atoms with E-state index in [0.717, 1.165) is 23.0 Å². The minimum Gasteiger partial charge on any atom is -0.496 e. The summed E-state index contributed by atoms with van der Waals surface area (Å²) in [6, 6.07) is 38.6. The molecule has 0 amide bonds. The van der Waals surface area contributed by atoms with Gasteiger partial charge in [0.1, 0.15) is 21.7 Å². The zero-order valence-electron chi connectivity index (χ0n) is 91.1. The van der Waals surface area contributed by atoms with E-state index < -0.39 is 23.8 Å². The van der Waals surface area contributed by atoms with Crippen LogP contribution in [0, 0.1) is 58.4 Å². The summed E-state index contributed by atoms with van der Waals surface area (Å²) >= 11 is 0. The Bertz CT molecular complexity index is 3840. The van der Waals surface area contributed by atoms with Crippen LogP contribution in [-0.4, -0.2) is 59.4 Å². The van der Waals surface area contributed by atoms with E-state index in [1.165, 1.54) is 148 Å². The Morgan fingerprint density at radius 3 is 0.624 bits per heavy atom. The third-order valence-corrected chi connectivity index (χ3v) is 34.0. The number of ether oxygens (including phenoxy) is 4. The number of unbranched alkanes of at least 4 members (excludes halogenated alkanes) is 1. The van der Waals surface area contributed by atoms with Gasteiger partial charge in [0.05, 0.1) is 64.9 Å². The van der Waals surface area contributed by atoms with Gasteiger partial charge in [-0.1, -0.05) is 264 Å². The van der Waals surface area contributed by atoms with Crippen LogP contribution in [0.5, 0.6) is 23.0 Å². The average molecular weight is 2060 g/mol. The van der Waals surface area contributed by atoms with Crippen LogP contribution in [0.1, 0.15) is 430 Å². The molecular formula is C115H198O4P3Pd3+3. The summed E-state index contributed by atoms with van der Waals surface area (Å²) in [6.07, 6.45) is 6.34. The minimum atomic E-state index is -1.12. The van der Waals surface area contributed by atoms with Gasteiger partial charge >= 0.3 is 61.3 Å². The molecule has 7 rings (SSSR count). The molecule has 0 N–H and O–H groups in total. The van der Waals surface area contributed by atoms with Gasteiger partial charge < -0.3 is 63.5 Å². The van der Waals surface area contributed by atoms with Gasteiger partial charge in [0, 0.05) is 34.9 Å². The summed E-state index contributed by atoms with van der Waals surface area (Å²) < 4.78 is 24.5. The van der Waals surface area contributed by atoms with Crippen molar-refractivity contribution in [1.29, 1.82) is 0 Å². The third-order valence-electron chi connectivity index (χ3n) is 22.0. The summed E-state index contributed by atoms with van der Waals surface area (Å²) in [5.74, 6) is 8.20. The number of hydrogen-bond acceptors (Lipinski definition) is 4. The van der Waals surface area contributed by atoms with Crippen molar-refractivity contribution in [3.63, 3.8) is 0 Å². The van der Waals surface area contributed by atoms with Crippen molar-refractivity contribution in [1.82, 2.24) is 0 Å². The molecule has 724 valence electrons. The first-order valence-electron chi connectivity index (χ1n) is 45.2. The van der Waals surface area contributed by atoms with Crippen LogP contribution in [0.2, 0.25) is 0 Å². The Balaban J connectivity index is -0.000000242. The predicted octanol–water partition coefficient (Wildman–Crippen LogP) is 36.7. The van der Waals surface area contributed by atoms with E-state index in [0.29, 0.717) is 53.3 Å². The summed E-state index contributed by atoms with van der Waals surface area (Å²) in [5, 5.41) is 5.33. The maximum atomic E-state index is 6.12. The molecule has 0 saturated carbocycles. The zero-order chi connectivity index (χ0) is 89.7. The molecule has 0 spiro atoms. The van der Waals surface area contributed by atoms with E-state index in [1.807, 2.05) is 28.4 Å². The maximum Gasteiger partial charge on any atom is 2.00 e. The average Bonchev–Trinajstić information content (AvgIpc) is 0.740. The second kappa shape index (κ2) is 60.3. The SMILES string of the molecule is CCC.CCCC.CCCc1ccccc1.COc1ccc(C)c(-c2c(C(C)C)cc(C(C)C)cc2C(C)C)c1[PH+](C(C)(C)C)C(C)(C)C.COc1ccc(C)c(-c2c(C(C)C)cc(C(C)C)cc2C(C)C)c1[PH+](C(C)(C)C)C(C)(C)C.COc1ccc(OC)c([PH+](C(C)(C)C)C(C)(C)C)c1-c1c(C(C)C)cc(C(C)C)cc1C(C)C.[CH3-].[CH3-].[CH3-].[CH3-].[CH3-].[CH3-].[Pd+2].[Pd+2].[Pd+2]. The predicted molar refractivity (Wildman–Crippen MR) is 576 cm³/mol. The van der Waals surface area contributed by atoms with Crippen molar-refractivity contribution >= 4 is 39.7 Å². The molecule has 0 aliphatic carbocycles. The summed E-state index contributed by atoms with van der Waals surface area (Å²) in [7, 11) is 4.13. The van der Waals surface area contributed by atoms with E-state index in [-0.39, 0.29) is 137 Å². The Morgan fingerprint density at radius 2 is 0.448 bits per heavy atom. The smallest absolute Gasteiger partial charge is 0.496 e. The first-order chi connectivity index (χ1) is 53.3. The zero-order valence-corrected chi connectivity index (χ0v) is 98.8. The maximum absolute atomic E-state index is 6.12. The molecule has 7 aromatic rings. The second-order valence-corrected chi connectivity index (χ2v) is 54.8. The Morgan fingerprint density at radius 1 is 0.256 bits per heavy atom. The molecule has 7 aromatic carbocycles. The topological polar surface area (TPSA) is 36.9 Å². The van der Waals surface area contributed by atoms with Crippen molar-refractivity contribution in [3.8, 4) is 56.4 Å². The van der Waals surface area contributed by atoms with Gasteiger partial charge in [0.25, 0.3) is 0 Å². The van der Waals surface area contributed by atoms with Crippen LogP contribution in [0.4, 0.5) is 0 Å². The number of benzene rings is 7. The van der Waals surface area contributed by atoms with Gasteiger partial charge in [-0.05, 0) is 306 Å². The van der Waals surface area contributed by atoms with Crippen molar-refractivity contribution in [3.05, 3.63) is 214 Å². The van der Waals surface area contributed by atoms with Gasteiger partial charge in [0.15, 0.2) is 17.2 Å². The molecule has 0 fully saturated rings. The number of hydrogen-bond donors (Lipinski definition) is 0.